The molecule has 1 aromatic rings. The van der Waals surface area contributed by atoms with Crippen molar-refractivity contribution in [2.75, 3.05) is 0 Å². The van der Waals surface area contributed by atoms with E-state index in [1.165, 1.54) is 5.56 Å². The average Bonchev–Trinajstić information content (AvgIpc) is 2.08. The van der Waals surface area contributed by atoms with Crippen LogP contribution in [0.5, 0.6) is 0 Å². The monoisotopic (exact) mass is 172 g/mol. The molecule has 0 saturated heterocycles. The van der Waals surface area contributed by atoms with Crippen LogP contribution in [0.15, 0.2) is 30.3 Å². The number of benzene rings is 1. The second-order valence-corrected chi connectivity index (χ2v) is 1.96. The number of nitrogens with two attached hydrogens (primary N) is 1. The van der Waals surface area contributed by atoms with Crippen LogP contribution in [0.4, 0.5) is 0 Å². The van der Waals surface area contributed by atoms with Crippen LogP contribution in [-0.2, 0) is 11.1 Å². The van der Waals surface area contributed by atoms with Gasteiger partial charge in [0.25, 0.3) is 0 Å². The second-order valence-electron chi connectivity index (χ2n) is 1.78. The van der Waals surface area contributed by atoms with Crippen molar-refractivity contribution >= 4 is 8.69 Å². The largest absolute Gasteiger partial charge is 0.491 e. The van der Waals surface area contributed by atoms with Crippen LogP contribution in [0.3, 0.4) is 0 Å². The molecule has 11 heavy (non-hydrogen) atoms. The molecule has 0 bridgehead atoms. The molecule has 1 unspecified atom stereocenters. The summed E-state index contributed by atoms with van der Waals surface area (Å²) in [5.74, 6) is 0. The third-order valence-electron chi connectivity index (χ3n) is 1.08. The molecule has 0 heterocycles. The van der Waals surface area contributed by atoms with Crippen molar-refractivity contribution in [3.8, 4) is 0 Å². The van der Waals surface area contributed by atoms with Gasteiger partial charge in [-0.3, -0.25) is 0 Å². The summed E-state index contributed by atoms with van der Waals surface area (Å²) in [6, 6.07) is 9.99. The Morgan fingerprint density at radius 3 is 2.09 bits per heavy atom. The van der Waals surface area contributed by atoms with Gasteiger partial charge in [0, 0.05) is 6.54 Å². The number of rotatable bonds is 1. The van der Waals surface area contributed by atoms with Gasteiger partial charge < -0.3 is 5.73 Å². The highest BCUT2D eigenvalue weighted by Crippen LogP contribution is 1.94. The minimum Gasteiger partial charge on any atom is -0.326 e. The van der Waals surface area contributed by atoms with Crippen LogP contribution in [0.1, 0.15) is 5.56 Å². The van der Waals surface area contributed by atoms with E-state index in [2.05, 4.69) is 0 Å². The Labute approximate surface area is 67.1 Å². The van der Waals surface area contributed by atoms with Gasteiger partial charge in [0.2, 0.25) is 0 Å². The zero-order chi connectivity index (χ0) is 8.53. The lowest BCUT2D eigenvalue weighted by molar-refractivity contribution is 0.524. The van der Waals surface area contributed by atoms with Crippen LogP contribution in [0.2, 0.25) is 0 Å². The van der Waals surface area contributed by atoms with E-state index in [4.69, 9.17) is 15.2 Å². The number of hydrogen-bond donors (Lipinski definition) is 2. The van der Waals surface area contributed by atoms with Crippen LogP contribution in [-0.4, -0.2) is 4.89 Å². The van der Waals surface area contributed by atoms with Gasteiger partial charge in [-0.15, -0.1) is 0 Å². The van der Waals surface area contributed by atoms with E-state index in [1.54, 1.807) is 0 Å². The highest BCUT2D eigenvalue weighted by molar-refractivity contribution is 7.16. The topological polar surface area (TPSA) is 63.3 Å². The third kappa shape index (κ3) is 5.67. The van der Waals surface area contributed by atoms with Crippen molar-refractivity contribution in [1.29, 1.82) is 0 Å². The van der Waals surface area contributed by atoms with Crippen molar-refractivity contribution in [3.05, 3.63) is 35.9 Å². The minimum atomic E-state index is -1.17. The first-order valence-electron chi connectivity index (χ1n) is 3.10. The van der Waals surface area contributed by atoms with E-state index in [9.17, 15) is 0 Å². The molecule has 0 aromatic heterocycles. The van der Waals surface area contributed by atoms with Crippen LogP contribution in [0, 0.1) is 0 Å². The lowest BCUT2D eigenvalue weighted by Gasteiger charge is -1.90. The van der Waals surface area contributed by atoms with Crippen molar-refractivity contribution in [1.82, 2.24) is 0 Å². The molecule has 1 atom stereocenters. The smallest absolute Gasteiger partial charge is 0.326 e. The molecule has 0 amide bonds. The normalized spacial score (nSPS) is 8.55. The summed E-state index contributed by atoms with van der Waals surface area (Å²) in [4.78, 5) is 7.04. The Kier molecular flexibility index (Phi) is 6.84. The maximum absolute atomic E-state index is 8.51. The molecule has 0 aliphatic heterocycles. The summed E-state index contributed by atoms with van der Waals surface area (Å²) in [7, 11) is -1.17. The average molecular weight is 172 g/mol. The SMILES string of the molecule is NCc1ccccc1.O=[PH+]O. The summed E-state index contributed by atoms with van der Waals surface area (Å²) < 4.78 is 8.51. The Hall–Kier alpha value is -0.760. The van der Waals surface area contributed by atoms with Crippen LogP contribution in [0.25, 0.3) is 0 Å². The molecule has 1 rings (SSSR count). The molecule has 0 saturated carbocycles. The first-order chi connectivity index (χ1) is 5.35. The maximum Gasteiger partial charge on any atom is 0.491 e. The third-order valence-corrected chi connectivity index (χ3v) is 1.08. The second kappa shape index (κ2) is 7.35. The molecule has 4 heteroatoms. The Bertz CT molecular complexity index is 191. The van der Waals surface area contributed by atoms with E-state index in [0.29, 0.717) is 6.54 Å². The zero-order valence-corrected chi connectivity index (χ0v) is 7.03. The van der Waals surface area contributed by atoms with Crippen LogP contribution >= 0.6 is 8.69 Å². The van der Waals surface area contributed by atoms with Crippen molar-refractivity contribution in [2.24, 2.45) is 5.73 Å². The van der Waals surface area contributed by atoms with Crippen molar-refractivity contribution in [3.63, 3.8) is 0 Å². The molecule has 0 radical (unpaired) electrons. The van der Waals surface area contributed by atoms with Gasteiger partial charge in [-0.2, -0.15) is 4.89 Å². The standard InChI is InChI=1S/C7H9N.HO2P/c8-6-7-4-2-1-3-5-7;1-3-2/h1-5H,6,8H2;3H/p+1. The van der Waals surface area contributed by atoms with Crippen molar-refractivity contribution < 1.29 is 9.46 Å². The highest BCUT2D eigenvalue weighted by Gasteiger charge is 1.80. The van der Waals surface area contributed by atoms with Crippen LogP contribution < -0.4 is 5.73 Å². The highest BCUT2D eigenvalue weighted by atomic mass is 31.1. The van der Waals surface area contributed by atoms with Crippen molar-refractivity contribution in [2.45, 2.75) is 6.54 Å². The van der Waals surface area contributed by atoms with Gasteiger partial charge in [-0.05, 0) is 10.1 Å². The predicted octanol–water partition coefficient (Wildman–Crippen LogP) is 1.06. The van der Waals surface area contributed by atoms with Gasteiger partial charge >= 0.3 is 8.69 Å². The summed E-state index contributed by atoms with van der Waals surface area (Å²) >= 11 is 0. The molecule has 0 aliphatic carbocycles. The predicted molar refractivity (Wildman–Crippen MR) is 45.6 cm³/mol. The number of hydrogen-bond acceptors (Lipinski definition) is 2. The quantitative estimate of drug-likeness (QED) is 0.622. The zero-order valence-electron chi connectivity index (χ0n) is 6.03. The van der Waals surface area contributed by atoms with Gasteiger partial charge in [0.05, 0.1) is 0 Å². The van der Waals surface area contributed by atoms with E-state index >= 15 is 0 Å². The summed E-state index contributed by atoms with van der Waals surface area (Å²) in [6.07, 6.45) is 0. The van der Waals surface area contributed by atoms with Gasteiger partial charge in [0.1, 0.15) is 0 Å². The Morgan fingerprint density at radius 1 is 1.36 bits per heavy atom. The molecule has 3 nitrogen and oxygen atoms in total. The molecule has 0 spiro atoms. The fraction of sp³-hybridized carbons (Fsp3) is 0.143. The first-order valence-corrected chi connectivity index (χ1v) is 3.96. The minimum absolute atomic E-state index is 0.640. The summed E-state index contributed by atoms with van der Waals surface area (Å²) in [5.41, 5.74) is 6.54. The molecular formula is C7H11NO2P+. The molecule has 0 fully saturated rings. The van der Waals surface area contributed by atoms with Gasteiger partial charge in [0.15, 0.2) is 0 Å². The lowest BCUT2D eigenvalue weighted by atomic mass is 10.2. The summed E-state index contributed by atoms with van der Waals surface area (Å²) in [5, 5.41) is 0. The molecular weight excluding hydrogens is 161 g/mol. The first kappa shape index (κ1) is 10.2. The lowest BCUT2D eigenvalue weighted by Crippen LogP contribution is -1.94. The fourth-order valence-electron chi connectivity index (χ4n) is 0.614. The summed E-state index contributed by atoms with van der Waals surface area (Å²) in [6.45, 7) is 0.640. The van der Waals surface area contributed by atoms with E-state index < -0.39 is 8.69 Å². The molecule has 3 N–H and O–H groups in total. The van der Waals surface area contributed by atoms with E-state index in [1.807, 2.05) is 30.3 Å². The molecule has 0 aliphatic rings. The molecule has 60 valence electrons. The Morgan fingerprint density at radius 2 is 1.82 bits per heavy atom. The maximum atomic E-state index is 8.51. The van der Waals surface area contributed by atoms with Gasteiger partial charge in [-0.1, -0.05) is 30.3 Å². The van der Waals surface area contributed by atoms with E-state index in [0.717, 1.165) is 0 Å². The Balaban J connectivity index is 0.000000292. The molecule has 1 aromatic carbocycles. The van der Waals surface area contributed by atoms with E-state index in [-0.39, 0.29) is 0 Å². The fourth-order valence-corrected chi connectivity index (χ4v) is 0.614. The van der Waals surface area contributed by atoms with Gasteiger partial charge in [-0.25, -0.2) is 0 Å².